The highest BCUT2D eigenvalue weighted by Crippen LogP contribution is 2.32. The van der Waals surface area contributed by atoms with Crippen LogP contribution in [0.4, 0.5) is 4.39 Å². The Morgan fingerprint density at radius 1 is 1.15 bits per heavy atom. The van der Waals surface area contributed by atoms with Gasteiger partial charge in [-0.05, 0) is 60.0 Å². The first kappa shape index (κ1) is 17.1. The topological polar surface area (TPSA) is 65.4 Å². The lowest BCUT2D eigenvalue weighted by Crippen LogP contribution is -2.26. The zero-order valence-electron chi connectivity index (χ0n) is 14.7. The summed E-state index contributed by atoms with van der Waals surface area (Å²) in [6.45, 7) is 0.715. The monoisotopic (exact) mass is 367 g/mol. The average molecular weight is 367 g/mol. The number of nitrogens with zero attached hydrogens (tertiary/aromatic N) is 2. The molecule has 1 aliphatic heterocycles. The van der Waals surface area contributed by atoms with Gasteiger partial charge in [0.2, 0.25) is 6.79 Å². The largest absolute Gasteiger partial charge is 0.454 e. The lowest BCUT2D eigenvalue weighted by molar-refractivity contribution is 0.0948. The number of nitrogens with one attached hydrogen (secondary N) is 1. The van der Waals surface area contributed by atoms with E-state index in [1.165, 1.54) is 12.1 Å². The number of hydrogen-bond acceptors (Lipinski definition) is 4. The second-order valence-electron chi connectivity index (χ2n) is 6.24. The summed E-state index contributed by atoms with van der Waals surface area (Å²) in [6, 6.07) is 13.5. The SMILES string of the molecule is Cn1nc(C(=O)NCCc2ccc3c(c2)OCO3)cc1-c1ccc(F)cc1. The van der Waals surface area contributed by atoms with Gasteiger partial charge in [-0.2, -0.15) is 5.10 Å². The summed E-state index contributed by atoms with van der Waals surface area (Å²) < 4.78 is 25.3. The fourth-order valence-electron chi connectivity index (χ4n) is 2.98. The van der Waals surface area contributed by atoms with E-state index in [2.05, 4.69) is 10.4 Å². The molecule has 3 aromatic rings. The summed E-state index contributed by atoms with van der Waals surface area (Å²) in [5.74, 6) is 0.916. The van der Waals surface area contributed by atoms with E-state index in [1.807, 2.05) is 18.2 Å². The van der Waals surface area contributed by atoms with E-state index in [4.69, 9.17) is 9.47 Å². The van der Waals surface area contributed by atoms with Crippen LogP contribution >= 0.6 is 0 Å². The summed E-state index contributed by atoms with van der Waals surface area (Å²) in [6.07, 6.45) is 0.667. The maximum Gasteiger partial charge on any atom is 0.271 e. The van der Waals surface area contributed by atoms with Crippen molar-refractivity contribution in [2.24, 2.45) is 7.05 Å². The first-order valence-electron chi connectivity index (χ1n) is 8.57. The van der Waals surface area contributed by atoms with Crippen LogP contribution in [0.25, 0.3) is 11.3 Å². The highest BCUT2D eigenvalue weighted by Gasteiger charge is 2.15. The number of rotatable bonds is 5. The number of carbonyl (C=O) groups excluding carboxylic acids is 1. The van der Waals surface area contributed by atoms with Crippen LogP contribution in [0.5, 0.6) is 11.5 Å². The maximum absolute atomic E-state index is 13.1. The standard InChI is InChI=1S/C20H18FN3O3/c1-24-17(14-3-5-15(21)6-4-14)11-16(23-24)20(25)22-9-8-13-2-7-18-19(10-13)27-12-26-18/h2-7,10-11H,8-9,12H2,1H3,(H,22,25). The maximum atomic E-state index is 13.1. The number of carbonyl (C=O) groups is 1. The number of amides is 1. The van der Waals surface area contributed by atoms with Gasteiger partial charge >= 0.3 is 0 Å². The first-order valence-corrected chi connectivity index (χ1v) is 8.57. The summed E-state index contributed by atoms with van der Waals surface area (Å²) >= 11 is 0. The number of fused-ring (bicyclic) bond motifs is 1. The Morgan fingerprint density at radius 3 is 2.74 bits per heavy atom. The number of ether oxygens (including phenoxy) is 2. The lowest BCUT2D eigenvalue weighted by atomic mass is 10.1. The van der Waals surface area contributed by atoms with Crippen molar-refractivity contribution in [3.05, 3.63) is 65.6 Å². The van der Waals surface area contributed by atoms with Gasteiger partial charge in [0.1, 0.15) is 5.82 Å². The molecule has 1 aliphatic rings. The zero-order chi connectivity index (χ0) is 18.8. The van der Waals surface area contributed by atoms with Gasteiger partial charge in [-0.15, -0.1) is 0 Å². The van der Waals surface area contributed by atoms with Gasteiger partial charge in [0.15, 0.2) is 17.2 Å². The molecule has 7 heteroatoms. The number of aryl methyl sites for hydroxylation is 1. The van der Waals surface area contributed by atoms with E-state index < -0.39 is 0 Å². The Balaban J connectivity index is 1.38. The van der Waals surface area contributed by atoms with Gasteiger partial charge < -0.3 is 14.8 Å². The minimum atomic E-state index is -0.303. The zero-order valence-corrected chi connectivity index (χ0v) is 14.7. The van der Waals surface area contributed by atoms with Crippen molar-refractivity contribution in [2.45, 2.75) is 6.42 Å². The van der Waals surface area contributed by atoms with Crippen LogP contribution in [0, 0.1) is 5.82 Å². The second-order valence-corrected chi connectivity index (χ2v) is 6.24. The van der Waals surface area contributed by atoms with Gasteiger partial charge in [-0.3, -0.25) is 9.48 Å². The third-order valence-electron chi connectivity index (χ3n) is 4.39. The molecule has 0 saturated carbocycles. The van der Waals surface area contributed by atoms with Crippen molar-refractivity contribution >= 4 is 5.91 Å². The molecule has 0 spiro atoms. The number of aromatic nitrogens is 2. The van der Waals surface area contributed by atoms with Crippen LogP contribution < -0.4 is 14.8 Å². The molecule has 2 aromatic carbocycles. The van der Waals surface area contributed by atoms with E-state index in [9.17, 15) is 9.18 Å². The van der Waals surface area contributed by atoms with E-state index in [0.717, 1.165) is 28.3 Å². The smallest absolute Gasteiger partial charge is 0.271 e. The molecule has 0 aliphatic carbocycles. The molecule has 1 amide bonds. The highest BCUT2D eigenvalue weighted by molar-refractivity contribution is 5.93. The van der Waals surface area contributed by atoms with E-state index in [1.54, 1.807) is 29.9 Å². The molecule has 4 rings (SSSR count). The number of benzene rings is 2. The summed E-state index contributed by atoms with van der Waals surface area (Å²) in [4.78, 5) is 12.4. The number of halogens is 1. The highest BCUT2D eigenvalue weighted by atomic mass is 19.1. The molecule has 138 valence electrons. The molecule has 1 aromatic heterocycles. The van der Waals surface area contributed by atoms with Crippen molar-refractivity contribution in [2.75, 3.05) is 13.3 Å². The van der Waals surface area contributed by atoms with Crippen LogP contribution in [-0.2, 0) is 13.5 Å². The molecule has 0 saturated heterocycles. The first-order chi connectivity index (χ1) is 13.1. The Labute approximate surface area is 155 Å². The minimum absolute atomic E-state index is 0.242. The molecule has 0 radical (unpaired) electrons. The average Bonchev–Trinajstić information content (AvgIpc) is 3.28. The van der Waals surface area contributed by atoms with E-state index >= 15 is 0 Å². The van der Waals surface area contributed by atoms with Crippen molar-refractivity contribution in [3.63, 3.8) is 0 Å². The molecule has 27 heavy (non-hydrogen) atoms. The molecule has 0 atom stereocenters. The van der Waals surface area contributed by atoms with Crippen LogP contribution in [-0.4, -0.2) is 29.0 Å². The van der Waals surface area contributed by atoms with E-state index in [-0.39, 0.29) is 18.5 Å². The Kier molecular flexibility index (Phi) is 4.50. The van der Waals surface area contributed by atoms with Crippen LogP contribution in [0.3, 0.4) is 0 Å². The Morgan fingerprint density at radius 2 is 1.93 bits per heavy atom. The molecular formula is C20H18FN3O3. The molecule has 0 unspecified atom stereocenters. The molecule has 0 bridgehead atoms. The van der Waals surface area contributed by atoms with Crippen molar-refractivity contribution < 1.29 is 18.7 Å². The summed E-state index contributed by atoms with van der Waals surface area (Å²) in [5, 5.41) is 7.13. The van der Waals surface area contributed by atoms with Gasteiger partial charge in [0, 0.05) is 13.6 Å². The predicted molar refractivity (Wildman–Crippen MR) is 97.2 cm³/mol. The fraction of sp³-hybridized carbons (Fsp3) is 0.200. The van der Waals surface area contributed by atoms with Gasteiger partial charge in [-0.25, -0.2) is 4.39 Å². The second kappa shape index (κ2) is 7.11. The van der Waals surface area contributed by atoms with Crippen LogP contribution in [0.15, 0.2) is 48.5 Å². The lowest BCUT2D eigenvalue weighted by Gasteiger charge is -2.04. The van der Waals surface area contributed by atoms with Gasteiger partial charge in [0.05, 0.1) is 5.69 Å². The molecular weight excluding hydrogens is 349 g/mol. The fourth-order valence-corrected chi connectivity index (χ4v) is 2.98. The number of hydrogen-bond donors (Lipinski definition) is 1. The van der Waals surface area contributed by atoms with Crippen molar-refractivity contribution in [1.29, 1.82) is 0 Å². The van der Waals surface area contributed by atoms with Crippen molar-refractivity contribution in [1.82, 2.24) is 15.1 Å². The summed E-state index contributed by atoms with van der Waals surface area (Å²) in [5.41, 5.74) is 2.91. The molecule has 1 N–H and O–H groups in total. The molecule has 2 heterocycles. The van der Waals surface area contributed by atoms with E-state index in [0.29, 0.717) is 18.7 Å². The predicted octanol–water partition coefficient (Wildman–Crippen LogP) is 2.93. The Hall–Kier alpha value is -3.35. The van der Waals surface area contributed by atoms with Gasteiger partial charge in [0.25, 0.3) is 5.91 Å². The summed E-state index contributed by atoms with van der Waals surface area (Å²) in [7, 11) is 1.75. The minimum Gasteiger partial charge on any atom is -0.454 e. The molecule has 6 nitrogen and oxygen atoms in total. The molecule has 0 fully saturated rings. The van der Waals surface area contributed by atoms with Crippen molar-refractivity contribution in [3.8, 4) is 22.8 Å². The quantitative estimate of drug-likeness (QED) is 0.753. The normalized spacial score (nSPS) is 12.2. The third-order valence-corrected chi connectivity index (χ3v) is 4.39. The van der Waals surface area contributed by atoms with Gasteiger partial charge in [-0.1, -0.05) is 6.07 Å². The Bertz CT molecular complexity index is 983. The third kappa shape index (κ3) is 3.62. The van der Waals surface area contributed by atoms with Crippen LogP contribution in [0.1, 0.15) is 16.1 Å². The van der Waals surface area contributed by atoms with Crippen LogP contribution in [0.2, 0.25) is 0 Å².